The average molecular weight is 573 g/mol. The summed E-state index contributed by atoms with van der Waals surface area (Å²) in [6.07, 6.45) is 10.9. The lowest BCUT2D eigenvalue weighted by atomic mass is 9.83. The van der Waals surface area contributed by atoms with Crippen LogP contribution >= 0.6 is 0 Å². The summed E-state index contributed by atoms with van der Waals surface area (Å²) in [5.74, 6) is -0.821. The van der Waals surface area contributed by atoms with Gasteiger partial charge in [0.05, 0.1) is 12.2 Å². The summed E-state index contributed by atoms with van der Waals surface area (Å²) < 4.78 is 44.7. The number of hydrogen-bond donors (Lipinski definition) is 0. The van der Waals surface area contributed by atoms with Crippen molar-refractivity contribution in [2.45, 2.75) is 116 Å². The lowest BCUT2D eigenvalue weighted by Crippen LogP contribution is -2.29. The van der Waals surface area contributed by atoms with Crippen molar-refractivity contribution >= 4 is 11.9 Å². The van der Waals surface area contributed by atoms with Gasteiger partial charge in [0.1, 0.15) is 11.9 Å². The molecule has 1 aliphatic rings. The molecule has 0 saturated heterocycles. The maximum atomic E-state index is 14.5. The van der Waals surface area contributed by atoms with Crippen LogP contribution in [0.3, 0.4) is 0 Å². The van der Waals surface area contributed by atoms with Crippen LogP contribution in [0.1, 0.15) is 113 Å². The molecule has 0 heterocycles. The largest absolute Gasteiger partial charge is 0.491 e. The van der Waals surface area contributed by atoms with E-state index in [0.717, 1.165) is 75.8 Å². The second-order valence-corrected chi connectivity index (χ2v) is 11.2. The molecule has 1 atom stereocenters. The first kappa shape index (κ1) is 32.6. The number of rotatable bonds is 17. The van der Waals surface area contributed by atoms with E-state index in [2.05, 4.69) is 6.92 Å². The van der Waals surface area contributed by atoms with Crippen LogP contribution in [0, 0.1) is 11.7 Å². The Morgan fingerprint density at radius 3 is 2.29 bits per heavy atom. The monoisotopic (exact) mass is 572 g/mol. The van der Waals surface area contributed by atoms with Gasteiger partial charge < -0.3 is 14.2 Å². The SMILES string of the molecule is CCCCCCCOc1ccc(C(=O)Oc2ccc(CC[C@H]3CC[C@H](OC(=O)[C@@H](F)CCCC)CC3)cc2)cc1F. The minimum absolute atomic E-state index is 0.131. The molecule has 0 radical (unpaired) electrons. The molecule has 0 spiro atoms. The van der Waals surface area contributed by atoms with Gasteiger partial charge in [0.2, 0.25) is 0 Å². The lowest BCUT2D eigenvalue weighted by molar-refractivity contribution is -0.157. The Morgan fingerprint density at radius 2 is 1.61 bits per heavy atom. The zero-order valence-electron chi connectivity index (χ0n) is 24.7. The molecule has 5 nitrogen and oxygen atoms in total. The van der Waals surface area contributed by atoms with Crippen LogP contribution in [0.4, 0.5) is 8.78 Å². The summed E-state index contributed by atoms with van der Waals surface area (Å²) in [6, 6.07) is 11.5. The van der Waals surface area contributed by atoms with E-state index < -0.39 is 23.9 Å². The highest BCUT2D eigenvalue weighted by atomic mass is 19.1. The van der Waals surface area contributed by atoms with Crippen molar-refractivity contribution in [2.75, 3.05) is 6.61 Å². The van der Waals surface area contributed by atoms with Crippen LogP contribution in [0.2, 0.25) is 0 Å². The van der Waals surface area contributed by atoms with Gasteiger partial charge in [-0.25, -0.2) is 18.4 Å². The van der Waals surface area contributed by atoms with E-state index >= 15 is 0 Å². The van der Waals surface area contributed by atoms with Crippen LogP contribution in [0.25, 0.3) is 0 Å². The number of alkyl halides is 1. The first-order valence-electron chi connectivity index (χ1n) is 15.5. The molecule has 226 valence electrons. The van der Waals surface area contributed by atoms with E-state index in [1.165, 1.54) is 25.0 Å². The Morgan fingerprint density at radius 1 is 0.902 bits per heavy atom. The summed E-state index contributed by atoms with van der Waals surface area (Å²) in [6.45, 7) is 4.58. The van der Waals surface area contributed by atoms with Gasteiger partial charge in [-0.05, 0) is 93.2 Å². The number of carbonyl (C=O) groups is 2. The van der Waals surface area contributed by atoms with Gasteiger partial charge in [0.15, 0.2) is 17.7 Å². The van der Waals surface area contributed by atoms with Crippen molar-refractivity contribution < 1.29 is 32.6 Å². The van der Waals surface area contributed by atoms with Gasteiger partial charge in [0, 0.05) is 0 Å². The summed E-state index contributed by atoms with van der Waals surface area (Å²) in [5.41, 5.74) is 1.27. The highest BCUT2D eigenvalue weighted by Crippen LogP contribution is 2.30. The zero-order chi connectivity index (χ0) is 29.5. The molecule has 1 aliphatic carbocycles. The third-order valence-electron chi connectivity index (χ3n) is 7.79. The van der Waals surface area contributed by atoms with Crippen molar-refractivity contribution in [1.82, 2.24) is 0 Å². The molecule has 41 heavy (non-hydrogen) atoms. The van der Waals surface area contributed by atoms with E-state index in [-0.39, 0.29) is 23.8 Å². The van der Waals surface area contributed by atoms with Gasteiger partial charge in [-0.3, -0.25) is 0 Å². The fraction of sp³-hybridized carbons (Fsp3) is 0.588. The maximum absolute atomic E-state index is 14.5. The van der Waals surface area contributed by atoms with Gasteiger partial charge in [-0.1, -0.05) is 64.5 Å². The topological polar surface area (TPSA) is 61.8 Å². The molecule has 0 unspecified atom stereocenters. The van der Waals surface area contributed by atoms with Crippen molar-refractivity contribution in [3.63, 3.8) is 0 Å². The van der Waals surface area contributed by atoms with Gasteiger partial charge in [-0.2, -0.15) is 0 Å². The second-order valence-electron chi connectivity index (χ2n) is 11.2. The molecule has 0 bridgehead atoms. The Kier molecular flexibility index (Phi) is 14.1. The summed E-state index contributed by atoms with van der Waals surface area (Å²) in [5, 5.41) is 0. The van der Waals surface area contributed by atoms with Crippen molar-refractivity contribution in [3.05, 3.63) is 59.4 Å². The predicted molar refractivity (Wildman–Crippen MR) is 157 cm³/mol. The van der Waals surface area contributed by atoms with E-state index in [9.17, 15) is 18.4 Å². The Labute approximate surface area is 244 Å². The van der Waals surface area contributed by atoms with Crippen molar-refractivity contribution in [3.8, 4) is 11.5 Å². The van der Waals surface area contributed by atoms with Crippen LogP contribution in [-0.4, -0.2) is 30.8 Å². The van der Waals surface area contributed by atoms with E-state index in [0.29, 0.717) is 24.7 Å². The highest BCUT2D eigenvalue weighted by molar-refractivity contribution is 5.91. The van der Waals surface area contributed by atoms with Crippen LogP contribution in [0.15, 0.2) is 42.5 Å². The predicted octanol–water partition coefficient (Wildman–Crippen LogP) is 8.96. The first-order valence-corrected chi connectivity index (χ1v) is 15.5. The first-order chi connectivity index (χ1) is 19.9. The number of halogens is 2. The Balaban J connectivity index is 1.37. The smallest absolute Gasteiger partial charge is 0.343 e. The molecular formula is C34H46F2O5. The van der Waals surface area contributed by atoms with E-state index in [1.54, 1.807) is 12.1 Å². The molecule has 0 aromatic heterocycles. The quantitative estimate of drug-likeness (QED) is 0.108. The number of carbonyl (C=O) groups excluding carboxylic acids is 2. The fourth-order valence-electron chi connectivity index (χ4n) is 5.17. The molecule has 1 saturated carbocycles. The number of esters is 2. The molecule has 1 fully saturated rings. The summed E-state index contributed by atoms with van der Waals surface area (Å²) >= 11 is 0. The molecule has 7 heteroatoms. The highest BCUT2D eigenvalue weighted by Gasteiger charge is 2.27. The molecule has 0 amide bonds. The van der Waals surface area contributed by atoms with E-state index in [1.807, 2.05) is 19.1 Å². The number of hydrogen-bond acceptors (Lipinski definition) is 5. The van der Waals surface area contributed by atoms with Gasteiger partial charge >= 0.3 is 11.9 Å². The number of benzene rings is 2. The Bertz CT molecular complexity index is 1060. The fourth-order valence-corrected chi connectivity index (χ4v) is 5.17. The lowest BCUT2D eigenvalue weighted by Gasteiger charge is -2.28. The standard InChI is InChI=1S/C34H46F2O5/c1-3-5-7-8-9-23-39-32-22-17-27(24-31(32)36)33(37)40-28-18-13-25(14-19-28)11-12-26-15-20-29(21-16-26)41-34(38)30(35)10-6-4-2/h13-14,17-19,22,24,26,29-30H,3-12,15-16,20-21,23H2,1-2H3/t26-,29-,30-/m0/s1. The normalized spacial score (nSPS) is 17.6. The van der Waals surface area contributed by atoms with Crippen LogP contribution < -0.4 is 9.47 Å². The third kappa shape index (κ3) is 11.4. The summed E-state index contributed by atoms with van der Waals surface area (Å²) in [7, 11) is 0. The molecule has 0 aliphatic heterocycles. The Hall–Kier alpha value is -2.96. The molecule has 3 rings (SSSR count). The van der Waals surface area contributed by atoms with Crippen molar-refractivity contribution in [2.24, 2.45) is 5.92 Å². The number of unbranched alkanes of at least 4 members (excludes halogenated alkanes) is 5. The number of aryl methyl sites for hydroxylation is 1. The van der Waals surface area contributed by atoms with E-state index in [4.69, 9.17) is 14.2 Å². The molecular weight excluding hydrogens is 526 g/mol. The summed E-state index contributed by atoms with van der Waals surface area (Å²) in [4.78, 5) is 24.5. The molecule has 0 N–H and O–H groups in total. The zero-order valence-corrected chi connectivity index (χ0v) is 24.7. The van der Waals surface area contributed by atoms with Gasteiger partial charge in [-0.15, -0.1) is 0 Å². The number of ether oxygens (including phenoxy) is 3. The second kappa shape index (κ2) is 17.8. The van der Waals surface area contributed by atoms with Crippen LogP contribution in [-0.2, 0) is 16.0 Å². The average Bonchev–Trinajstić information content (AvgIpc) is 2.98. The van der Waals surface area contributed by atoms with Gasteiger partial charge in [0.25, 0.3) is 0 Å². The third-order valence-corrected chi connectivity index (χ3v) is 7.79. The van der Waals surface area contributed by atoms with Crippen molar-refractivity contribution in [1.29, 1.82) is 0 Å². The molecule has 2 aromatic carbocycles. The molecule has 2 aromatic rings. The maximum Gasteiger partial charge on any atom is 0.343 e. The minimum atomic E-state index is -1.51. The minimum Gasteiger partial charge on any atom is -0.491 e. The van der Waals surface area contributed by atoms with Crippen LogP contribution in [0.5, 0.6) is 11.5 Å².